The van der Waals surface area contributed by atoms with E-state index in [1.54, 1.807) is 0 Å². The summed E-state index contributed by atoms with van der Waals surface area (Å²) in [6.07, 6.45) is 16.5. The predicted molar refractivity (Wildman–Crippen MR) is 82.1 cm³/mol. The Labute approximate surface area is 117 Å². The molecule has 1 heteroatoms. The van der Waals surface area contributed by atoms with Crippen molar-refractivity contribution in [3.8, 4) is 0 Å². The van der Waals surface area contributed by atoms with E-state index in [-0.39, 0.29) is 11.0 Å². The van der Waals surface area contributed by atoms with Crippen LogP contribution < -0.4 is 0 Å². The topological polar surface area (TPSA) is 9.23 Å². The van der Waals surface area contributed by atoms with Crippen LogP contribution in [0.2, 0.25) is 0 Å². The number of ether oxygens (including phenoxy) is 1. The fourth-order valence-corrected chi connectivity index (χ4v) is 3.22. The van der Waals surface area contributed by atoms with E-state index < -0.39 is 0 Å². The van der Waals surface area contributed by atoms with Crippen molar-refractivity contribution in [1.82, 2.24) is 0 Å². The second-order valence-electron chi connectivity index (χ2n) is 6.48. The van der Waals surface area contributed by atoms with E-state index in [0.717, 1.165) is 25.9 Å². The molecule has 2 rings (SSSR count). The molecule has 0 N–H and O–H groups in total. The third-order valence-electron chi connectivity index (χ3n) is 3.90. The van der Waals surface area contributed by atoms with Gasteiger partial charge in [0.1, 0.15) is 0 Å². The van der Waals surface area contributed by atoms with E-state index >= 15 is 0 Å². The van der Waals surface area contributed by atoms with Crippen molar-refractivity contribution in [2.45, 2.75) is 52.6 Å². The van der Waals surface area contributed by atoms with E-state index in [1.807, 2.05) is 0 Å². The van der Waals surface area contributed by atoms with Crippen LogP contribution in [0, 0.1) is 5.41 Å². The highest BCUT2D eigenvalue weighted by atomic mass is 16.5. The average molecular weight is 258 g/mol. The van der Waals surface area contributed by atoms with Gasteiger partial charge in [0.2, 0.25) is 0 Å². The number of rotatable bonds is 4. The molecule has 2 aliphatic rings. The van der Waals surface area contributed by atoms with Crippen molar-refractivity contribution in [3.63, 3.8) is 0 Å². The second kappa shape index (κ2) is 5.50. The van der Waals surface area contributed by atoms with Gasteiger partial charge in [0, 0.05) is 13.0 Å². The van der Waals surface area contributed by atoms with Gasteiger partial charge < -0.3 is 4.74 Å². The fourth-order valence-electron chi connectivity index (χ4n) is 3.22. The van der Waals surface area contributed by atoms with Crippen molar-refractivity contribution >= 4 is 0 Å². The van der Waals surface area contributed by atoms with Gasteiger partial charge in [-0.05, 0) is 36.3 Å². The monoisotopic (exact) mass is 258 g/mol. The van der Waals surface area contributed by atoms with Crippen LogP contribution in [-0.4, -0.2) is 12.2 Å². The van der Waals surface area contributed by atoms with E-state index in [9.17, 15) is 0 Å². The maximum Gasteiger partial charge on any atom is 0.0973 e. The van der Waals surface area contributed by atoms with Crippen LogP contribution in [0.4, 0.5) is 0 Å². The predicted octanol–water partition coefficient (Wildman–Crippen LogP) is 4.97. The summed E-state index contributed by atoms with van der Waals surface area (Å²) in [4.78, 5) is 0. The van der Waals surface area contributed by atoms with E-state index in [2.05, 4.69) is 64.2 Å². The van der Waals surface area contributed by atoms with Gasteiger partial charge >= 0.3 is 0 Å². The highest BCUT2D eigenvalue weighted by Crippen LogP contribution is 2.44. The van der Waals surface area contributed by atoms with Gasteiger partial charge in [-0.2, -0.15) is 0 Å². The minimum atomic E-state index is -0.151. The first kappa shape index (κ1) is 14.3. The van der Waals surface area contributed by atoms with Crippen molar-refractivity contribution in [2.75, 3.05) is 6.61 Å². The maximum absolute atomic E-state index is 6.28. The highest BCUT2D eigenvalue weighted by molar-refractivity contribution is 5.38. The van der Waals surface area contributed by atoms with Crippen molar-refractivity contribution < 1.29 is 4.74 Å². The highest BCUT2D eigenvalue weighted by Gasteiger charge is 2.40. The Morgan fingerprint density at radius 2 is 2.05 bits per heavy atom. The Hall–Kier alpha value is -1.08. The molecule has 1 nitrogen and oxygen atoms in total. The first-order valence-corrected chi connectivity index (χ1v) is 7.35. The van der Waals surface area contributed by atoms with Crippen LogP contribution in [-0.2, 0) is 4.74 Å². The van der Waals surface area contributed by atoms with Gasteiger partial charge in [0.15, 0.2) is 0 Å². The number of hydrogen-bond donors (Lipinski definition) is 0. The maximum atomic E-state index is 6.28. The summed E-state index contributed by atoms with van der Waals surface area (Å²) in [7, 11) is 0. The summed E-state index contributed by atoms with van der Waals surface area (Å²) in [6.45, 7) is 9.71. The molecule has 0 aromatic heterocycles. The molecule has 0 amide bonds. The normalized spacial score (nSPS) is 26.5. The third kappa shape index (κ3) is 3.09. The zero-order chi connectivity index (χ0) is 13.9. The molecule has 0 aromatic carbocycles. The first-order chi connectivity index (χ1) is 8.98. The van der Waals surface area contributed by atoms with E-state index in [4.69, 9.17) is 4.74 Å². The Kier molecular flexibility index (Phi) is 4.15. The number of hydrogen-bond acceptors (Lipinski definition) is 1. The SMILES string of the molecule is CCOC1(CC2=CCC=C2)CC=CC=C1C(C)(C)C. The third-order valence-corrected chi connectivity index (χ3v) is 3.90. The lowest BCUT2D eigenvalue weighted by Crippen LogP contribution is -2.41. The number of allylic oxidation sites excluding steroid dienone is 5. The smallest absolute Gasteiger partial charge is 0.0973 e. The van der Waals surface area contributed by atoms with Crippen LogP contribution in [0.3, 0.4) is 0 Å². The Morgan fingerprint density at radius 1 is 1.26 bits per heavy atom. The molecular formula is C18H26O. The van der Waals surface area contributed by atoms with Crippen LogP contribution >= 0.6 is 0 Å². The Bertz CT molecular complexity index is 443. The zero-order valence-electron chi connectivity index (χ0n) is 12.7. The standard InChI is InChI=1S/C18H26O/c1-5-19-18(14-15-10-6-7-11-15)13-9-8-12-16(18)17(2,3)4/h6,8-12H,5,7,13-14H2,1-4H3. The van der Waals surface area contributed by atoms with E-state index in [1.165, 1.54) is 11.1 Å². The van der Waals surface area contributed by atoms with E-state index in [0.29, 0.717) is 0 Å². The molecule has 1 unspecified atom stereocenters. The second-order valence-corrected chi connectivity index (χ2v) is 6.48. The molecule has 0 aliphatic heterocycles. The summed E-state index contributed by atoms with van der Waals surface area (Å²) in [5.74, 6) is 0. The molecule has 0 saturated carbocycles. The van der Waals surface area contributed by atoms with Crippen LogP contribution in [0.1, 0.15) is 47.0 Å². The van der Waals surface area contributed by atoms with Crippen molar-refractivity contribution in [3.05, 3.63) is 47.6 Å². The molecule has 2 aliphatic carbocycles. The van der Waals surface area contributed by atoms with Crippen molar-refractivity contribution in [2.24, 2.45) is 5.41 Å². The van der Waals surface area contributed by atoms with Crippen LogP contribution in [0.25, 0.3) is 0 Å². The molecule has 0 spiro atoms. The Balaban J connectivity index is 2.34. The van der Waals surface area contributed by atoms with Gasteiger partial charge in [-0.3, -0.25) is 0 Å². The molecule has 0 saturated heterocycles. The lowest BCUT2D eigenvalue weighted by Gasteiger charge is -2.43. The lowest BCUT2D eigenvalue weighted by molar-refractivity contribution is -0.0199. The molecule has 0 heterocycles. The fraction of sp³-hybridized carbons (Fsp3) is 0.556. The van der Waals surface area contributed by atoms with Crippen molar-refractivity contribution in [1.29, 1.82) is 0 Å². The van der Waals surface area contributed by atoms with Gasteiger partial charge in [0.05, 0.1) is 5.60 Å². The molecular weight excluding hydrogens is 232 g/mol. The molecule has 1 atom stereocenters. The summed E-state index contributed by atoms with van der Waals surface area (Å²) in [5.41, 5.74) is 2.83. The lowest BCUT2D eigenvalue weighted by atomic mass is 9.70. The molecule has 0 bridgehead atoms. The molecule has 19 heavy (non-hydrogen) atoms. The van der Waals surface area contributed by atoms with Gasteiger partial charge in [0.25, 0.3) is 0 Å². The first-order valence-electron chi connectivity index (χ1n) is 7.35. The molecule has 0 aromatic rings. The summed E-state index contributed by atoms with van der Waals surface area (Å²) < 4.78 is 6.28. The summed E-state index contributed by atoms with van der Waals surface area (Å²) >= 11 is 0. The van der Waals surface area contributed by atoms with Gasteiger partial charge in [-0.25, -0.2) is 0 Å². The van der Waals surface area contributed by atoms with Crippen LogP contribution in [0.5, 0.6) is 0 Å². The summed E-state index contributed by atoms with van der Waals surface area (Å²) in [6, 6.07) is 0. The van der Waals surface area contributed by atoms with Gasteiger partial charge in [-0.1, -0.05) is 57.2 Å². The Morgan fingerprint density at radius 3 is 2.63 bits per heavy atom. The zero-order valence-corrected chi connectivity index (χ0v) is 12.7. The summed E-state index contributed by atoms with van der Waals surface area (Å²) in [5, 5.41) is 0. The molecule has 0 radical (unpaired) electrons. The van der Waals surface area contributed by atoms with Crippen LogP contribution in [0.15, 0.2) is 47.6 Å². The quantitative estimate of drug-likeness (QED) is 0.691. The minimum Gasteiger partial charge on any atom is -0.370 e. The molecule has 0 fully saturated rings. The largest absolute Gasteiger partial charge is 0.370 e. The molecule has 104 valence electrons. The van der Waals surface area contributed by atoms with Gasteiger partial charge in [-0.15, -0.1) is 0 Å². The minimum absolute atomic E-state index is 0.142. The average Bonchev–Trinajstić information content (AvgIpc) is 2.81.